The minimum absolute atomic E-state index is 0.0842. The van der Waals surface area contributed by atoms with E-state index in [-0.39, 0.29) is 11.3 Å². The summed E-state index contributed by atoms with van der Waals surface area (Å²) in [5.74, 6) is 0.0225. The van der Waals surface area contributed by atoms with Crippen LogP contribution in [0.4, 0.5) is 0 Å². The summed E-state index contributed by atoms with van der Waals surface area (Å²) in [5, 5.41) is 9.24. The van der Waals surface area contributed by atoms with Gasteiger partial charge in [-0.1, -0.05) is 36.4 Å². The van der Waals surface area contributed by atoms with Crippen LogP contribution in [0.5, 0.6) is 5.75 Å². The van der Waals surface area contributed by atoms with Gasteiger partial charge in [0.1, 0.15) is 12.4 Å². The van der Waals surface area contributed by atoms with Gasteiger partial charge in [-0.05, 0) is 48.1 Å². The predicted molar refractivity (Wildman–Crippen MR) is 83.0 cm³/mol. The maximum absolute atomic E-state index is 11.2. The van der Waals surface area contributed by atoms with Crippen LogP contribution in [-0.4, -0.2) is 11.1 Å². The van der Waals surface area contributed by atoms with Crippen molar-refractivity contribution in [2.45, 2.75) is 31.3 Å². The Morgan fingerprint density at radius 1 is 1.23 bits per heavy atom. The van der Waals surface area contributed by atoms with Gasteiger partial charge in [0.05, 0.1) is 5.92 Å². The zero-order chi connectivity index (χ0) is 15.2. The lowest BCUT2D eigenvalue weighted by Crippen LogP contribution is -2.11. The van der Waals surface area contributed by atoms with Gasteiger partial charge in [-0.25, -0.2) is 0 Å². The van der Waals surface area contributed by atoms with Gasteiger partial charge in [-0.15, -0.1) is 0 Å². The third-order valence-electron chi connectivity index (χ3n) is 5.08. The first-order valence-electron chi connectivity index (χ1n) is 7.72. The maximum atomic E-state index is 11.2. The number of fused-ring (bicyclic) bond motifs is 2. The summed E-state index contributed by atoms with van der Waals surface area (Å²) in [6.45, 7) is 0.558. The molecule has 0 bridgehead atoms. The second-order valence-electron chi connectivity index (χ2n) is 6.34. The summed E-state index contributed by atoms with van der Waals surface area (Å²) < 4.78 is 5.86. The molecule has 0 heterocycles. The highest BCUT2D eigenvalue weighted by Crippen LogP contribution is 2.61. The van der Waals surface area contributed by atoms with E-state index in [4.69, 9.17) is 4.74 Å². The van der Waals surface area contributed by atoms with Crippen molar-refractivity contribution < 1.29 is 14.6 Å². The molecule has 2 aliphatic carbocycles. The first-order valence-corrected chi connectivity index (χ1v) is 7.72. The molecule has 3 nitrogen and oxygen atoms in total. The van der Waals surface area contributed by atoms with E-state index >= 15 is 0 Å². The quantitative estimate of drug-likeness (QED) is 0.938. The summed E-state index contributed by atoms with van der Waals surface area (Å²) in [6.07, 6.45) is 2.71. The molecule has 2 aromatic rings. The number of carboxylic acid groups (broad SMARTS) is 1. The van der Waals surface area contributed by atoms with Crippen LogP contribution in [0.2, 0.25) is 0 Å². The molecule has 22 heavy (non-hydrogen) atoms. The van der Waals surface area contributed by atoms with E-state index in [0.29, 0.717) is 6.61 Å². The number of benzene rings is 2. The van der Waals surface area contributed by atoms with E-state index in [9.17, 15) is 9.90 Å². The topological polar surface area (TPSA) is 46.5 Å². The average molecular weight is 294 g/mol. The molecule has 112 valence electrons. The molecule has 2 aliphatic rings. The lowest BCUT2D eigenvalue weighted by molar-refractivity contribution is -0.139. The standard InChI is InChI=1S/C19H18O3/c20-18(21)17-11-19(17)9-8-14-10-15(6-7-16(14)19)22-12-13-4-2-1-3-5-13/h1-7,10,17H,8-9,11-12H2,(H,20,21). The molecule has 1 spiro atoms. The highest BCUT2D eigenvalue weighted by Gasteiger charge is 2.61. The van der Waals surface area contributed by atoms with Gasteiger partial charge in [0, 0.05) is 5.41 Å². The summed E-state index contributed by atoms with van der Waals surface area (Å²) >= 11 is 0. The van der Waals surface area contributed by atoms with Crippen molar-refractivity contribution in [1.82, 2.24) is 0 Å². The fourth-order valence-corrected chi connectivity index (χ4v) is 3.79. The van der Waals surface area contributed by atoms with Gasteiger partial charge < -0.3 is 9.84 Å². The van der Waals surface area contributed by atoms with E-state index in [0.717, 1.165) is 30.6 Å². The highest BCUT2D eigenvalue weighted by molar-refractivity contribution is 5.78. The second kappa shape index (κ2) is 4.87. The van der Waals surface area contributed by atoms with Crippen molar-refractivity contribution in [1.29, 1.82) is 0 Å². The second-order valence-corrected chi connectivity index (χ2v) is 6.34. The average Bonchev–Trinajstić information content (AvgIpc) is 3.17. The lowest BCUT2D eigenvalue weighted by atomic mass is 9.95. The van der Waals surface area contributed by atoms with Crippen molar-refractivity contribution in [3.63, 3.8) is 0 Å². The van der Waals surface area contributed by atoms with Crippen LogP contribution < -0.4 is 4.74 Å². The third kappa shape index (κ3) is 2.08. The molecule has 0 aliphatic heterocycles. The predicted octanol–water partition coefficient (Wildman–Crippen LogP) is 3.55. The SMILES string of the molecule is O=C(O)C1CC12CCc1cc(OCc3ccccc3)ccc12. The van der Waals surface area contributed by atoms with E-state index in [1.807, 2.05) is 36.4 Å². The molecule has 0 aromatic heterocycles. The summed E-state index contributed by atoms with van der Waals surface area (Å²) in [6, 6.07) is 16.2. The minimum Gasteiger partial charge on any atom is -0.489 e. The molecule has 1 fully saturated rings. The van der Waals surface area contributed by atoms with Gasteiger partial charge in [0.15, 0.2) is 0 Å². The number of aryl methyl sites for hydroxylation is 1. The number of aliphatic carboxylic acids is 1. The maximum Gasteiger partial charge on any atom is 0.307 e. The van der Waals surface area contributed by atoms with Gasteiger partial charge in [-0.3, -0.25) is 4.79 Å². The number of ether oxygens (including phenoxy) is 1. The summed E-state index contributed by atoms with van der Waals surface area (Å²) in [4.78, 5) is 11.2. The van der Waals surface area contributed by atoms with Gasteiger partial charge in [0.2, 0.25) is 0 Å². The number of carboxylic acids is 1. The molecule has 0 amide bonds. The molecular formula is C19H18O3. The molecule has 0 radical (unpaired) electrons. The zero-order valence-corrected chi connectivity index (χ0v) is 12.3. The number of carbonyl (C=O) groups is 1. The molecule has 3 heteroatoms. The van der Waals surface area contributed by atoms with Crippen LogP contribution in [-0.2, 0) is 23.2 Å². The fraction of sp³-hybridized carbons (Fsp3) is 0.316. The molecule has 4 rings (SSSR count). The highest BCUT2D eigenvalue weighted by atomic mass is 16.5. The number of hydrogen-bond acceptors (Lipinski definition) is 2. The number of rotatable bonds is 4. The van der Waals surface area contributed by atoms with E-state index < -0.39 is 5.97 Å². The molecular weight excluding hydrogens is 276 g/mol. The zero-order valence-electron chi connectivity index (χ0n) is 12.3. The van der Waals surface area contributed by atoms with Crippen molar-refractivity contribution in [2.24, 2.45) is 5.92 Å². The Balaban J connectivity index is 1.51. The smallest absolute Gasteiger partial charge is 0.307 e. The molecule has 2 unspecified atom stereocenters. The van der Waals surface area contributed by atoms with Gasteiger partial charge >= 0.3 is 5.97 Å². The first-order chi connectivity index (χ1) is 10.7. The van der Waals surface area contributed by atoms with Crippen LogP contribution in [0.1, 0.15) is 29.5 Å². The Kier molecular flexibility index (Phi) is 2.96. The third-order valence-corrected chi connectivity index (χ3v) is 5.08. The molecule has 1 N–H and O–H groups in total. The monoisotopic (exact) mass is 294 g/mol. The Bertz CT molecular complexity index is 723. The van der Waals surface area contributed by atoms with Crippen LogP contribution in [0.3, 0.4) is 0 Å². The van der Waals surface area contributed by atoms with Crippen molar-refractivity contribution in [3.8, 4) is 5.75 Å². The molecule has 1 saturated carbocycles. The fourth-order valence-electron chi connectivity index (χ4n) is 3.79. The Labute approximate surface area is 129 Å². The van der Waals surface area contributed by atoms with Gasteiger partial charge in [-0.2, -0.15) is 0 Å². The molecule has 2 atom stereocenters. The van der Waals surface area contributed by atoms with Crippen molar-refractivity contribution >= 4 is 5.97 Å². The van der Waals surface area contributed by atoms with E-state index in [2.05, 4.69) is 12.1 Å². The van der Waals surface area contributed by atoms with E-state index in [1.54, 1.807) is 0 Å². The lowest BCUT2D eigenvalue weighted by Gasteiger charge is -2.12. The Morgan fingerprint density at radius 3 is 2.77 bits per heavy atom. The summed E-state index contributed by atoms with van der Waals surface area (Å²) in [5.41, 5.74) is 3.55. The van der Waals surface area contributed by atoms with Crippen LogP contribution >= 0.6 is 0 Å². The van der Waals surface area contributed by atoms with Crippen molar-refractivity contribution in [3.05, 3.63) is 65.2 Å². The Morgan fingerprint density at radius 2 is 2.05 bits per heavy atom. The first kappa shape index (κ1) is 13.4. The minimum atomic E-state index is -0.655. The van der Waals surface area contributed by atoms with Crippen LogP contribution in [0, 0.1) is 5.92 Å². The van der Waals surface area contributed by atoms with Gasteiger partial charge in [0.25, 0.3) is 0 Å². The number of hydrogen-bond donors (Lipinski definition) is 1. The largest absolute Gasteiger partial charge is 0.489 e. The summed E-state index contributed by atoms with van der Waals surface area (Å²) in [7, 11) is 0. The van der Waals surface area contributed by atoms with E-state index in [1.165, 1.54) is 11.1 Å². The molecule has 2 aromatic carbocycles. The normalized spacial score (nSPS) is 25.0. The van der Waals surface area contributed by atoms with Crippen molar-refractivity contribution in [2.75, 3.05) is 0 Å². The Hall–Kier alpha value is -2.29. The van der Waals surface area contributed by atoms with Crippen LogP contribution in [0.15, 0.2) is 48.5 Å². The molecule has 0 saturated heterocycles. The van der Waals surface area contributed by atoms with Crippen LogP contribution in [0.25, 0.3) is 0 Å².